The number of nitrogens with zero attached hydrogens (tertiary/aromatic N) is 2. The van der Waals surface area contributed by atoms with E-state index in [0.717, 1.165) is 16.8 Å². The Balaban J connectivity index is 2.29. The first-order chi connectivity index (χ1) is 9.02. The van der Waals surface area contributed by atoms with Crippen molar-refractivity contribution in [3.05, 3.63) is 51.8 Å². The zero-order valence-electron chi connectivity index (χ0n) is 11.5. The largest absolute Gasteiger partial charge is 0.396 e. The Bertz CT molecular complexity index is 578. The molecule has 1 aromatic heterocycles. The van der Waals surface area contributed by atoms with Crippen LogP contribution in [0.2, 0.25) is 5.15 Å². The molecule has 4 heteroatoms. The van der Waals surface area contributed by atoms with Gasteiger partial charge in [-0.3, -0.25) is 4.68 Å². The molecule has 0 fully saturated rings. The predicted molar refractivity (Wildman–Crippen MR) is 77.7 cm³/mol. The summed E-state index contributed by atoms with van der Waals surface area (Å²) < 4.78 is 1.68. The van der Waals surface area contributed by atoms with Crippen LogP contribution < -0.4 is 0 Å². The van der Waals surface area contributed by atoms with Crippen LogP contribution in [-0.4, -0.2) is 21.5 Å². The Labute approximate surface area is 118 Å². The molecular formula is C15H19ClN2O. The molecular weight excluding hydrogens is 260 g/mol. The molecule has 0 saturated carbocycles. The highest BCUT2D eigenvalue weighted by atomic mass is 35.5. The summed E-state index contributed by atoms with van der Waals surface area (Å²) in [4.78, 5) is 0. The summed E-state index contributed by atoms with van der Waals surface area (Å²) in [6.45, 7) is 4.11. The molecule has 1 atom stereocenters. The Morgan fingerprint density at radius 2 is 2.11 bits per heavy atom. The van der Waals surface area contributed by atoms with Gasteiger partial charge in [-0.2, -0.15) is 5.10 Å². The average molecular weight is 279 g/mol. The maximum atomic E-state index is 9.65. The number of rotatable bonds is 4. The number of aliphatic hydroxyl groups excluding tert-OH is 1. The van der Waals surface area contributed by atoms with Gasteiger partial charge in [0.25, 0.3) is 0 Å². The normalized spacial score (nSPS) is 12.7. The summed E-state index contributed by atoms with van der Waals surface area (Å²) in [6, 6.07) is 8.24. The molecule has 0 bridgehead atoms. The van der Waals surface area contributed by atoms with Gasteiger partial charge in [-0.15, -0.1) is 0 Å². The maximum Gasteiger partial charge on any atom is 0.130 e. The highest BCUT2D eigenvalue weighted by Crippen LogP contribution is 2.27. The van der Waals surface area contributed by atoms with Gasteiger partial charge in [-0.25, -0.2) is 0 Å². The van der Waals surface area contributed by atoms with Crippen molar-refractivity contribution >= 4 is 11.6 Å². The topological polar surface area (TPSA) is 38.1 Å². The van der Waals surface area contributed by atoms with Crippen LogP contribution in [0.4, 0.5) is 0 Å². The number of aromatic nitrogens is 2. The number of aliphatic hydroxyl groups is 1. The zero-order valence-corrected chi connectivity index (χ0v) is 12.3. The van der Waals surface area contributed by atoms with Gasteiger partial charge in [0.2, 0.25) is 0 Å². The van der Waals surface area contributed by atoms with Gasteiger partial charge in [-0.05, 0) is 25.8 Å². The van der Waals surface area contributed by atoms with Crippen LogP contribution >= 0.6 is 11.6 Å². The average Bonchev–Trinajstić information content (AvgIpc) is 2.61. The second-order valence-corrected chi connectivity index (χ2v) is 5.33. The molecule has 102 valence electrons. The third kappa shape index (κ3) is 2.99. The molecule has 0 spiro atoms. The molecule has 19 heavy (non-hydrogen) atoms. The smallest absolute Gasteiger partial charge is 0.130 e. The zero-order chi connectivity index (χ0) is 14.0. The molecule has 0 aliphatic carbocycles. The van der Waals surface area contributed by atoms with Crippen LogP contribution in [0.25, 0.3) is 0 Å². The van der Waals surface area contributed by atoms with E-state index in [1.165, 1.54) is 5.56 Å². The summed E-state index contributed by atoms with van der Waals surface area (Å²) in [7, 11) is 1.83. The van der Waals surface area contributed by atoms with E-state index in [-0.39, 0.29) is 12.5 Å². The molecule has 0 amide bonds. The van der Waals surface area contributed by atoms with E-state index in [2.05, 4.69) is 24.2 Å². The quantitative estimate of drug-likeness (QED) is 0.934. The van der Waals surface area contributed by atoms with Crippen molar-refractivity contribution in [2.24, 2.45) is 7.05 Å². The summed E-state index contributed by atoms with van der Waals surface area (Å²) >= 11 is 6.25. The maximum absolute atomic E-state index is 9.65. The first-order valence-corrected chi connectivity index (χ1v) is 6.76. The van der Waals surface area contributed by atoms with Gasteiger partial charge in [0.1, 0.15) is 5.15 Å². The standard InChI is InChI=1S/C15H19ClN2O/c1-10-5-4-6-12(7-10)13(9-19)8-14-11(2)17-18(3)15(14)16/h4-7,13,19H,8-9H2,1-3H3. The minimum Gasteiger partial charge on any atom is -0.396 e. The number of benzene rings is 1. The fourth-order valence-corrected chi connectivity index (χ4v) is 2.62. The molecule has 3 nitrogen and oxygen atoms in total. The van der Waals surface area contributed by atoms with E-state index in [0.29, 0.717) is 11.6 Å². The lowest BCUT2D eigenvalue weighted by Gasteiger charge is -2.15. The lowest BCUT2D eigenvalue weighted by Crippen LogP contribution is -2.08. The Hall–Kier alpha value is -1.32. The van der Waals surface area contributed by atoms with Gasteiger partial charge in [0.15, 0.2) is 0 Å². The predicted octanol–water partition coefficient (Wildman–Crippen LogP) is 3.01. The highest BCUT2D eigenvalue weighted by molar-refractivity contribution is 6.30. The minimum atomic E-state index is 0.0558. The molecule has 0 aliphatic rings. The number of hydrogen-bond acceptors (Lipinski definition) is 2. The first-order valence-electron chi connectivity index (χ1n) is 6.38. The minimum absolute atomic E-state index is 0.0558. The van der Waals surface area contributed by atoms with E-state index in [1.54, 1.807) is 4.68 Å². The molecule has 2 aromatic rings. The van der Waals surface area contributed by atoms with E-state index in [9.17, 15) is 5.11 Å². The van der Waals surface area contributed by atoms with Crippen LogP contribution in [0.15, 0.2) is 24.3 Å². The van der Waals surface area contributed by atoms with Crippen molar-refractivity contribution in [2.75, 3.05) is 6.61 Å². The third-order valence-corrected chi connectivity index (χ3v) is 3.93. The Kier molecular flexibility index (Phi) is 4.27. The highest BCUT2D eigenvalue weighted by Gasteiger charge is 2.18. The van der Waals surface area contributed by atoms with Crippen molar-refractivity contribution in [3.63, 3.8) is 0 Å². The Morgan fingerprint density at radius 1 is 1.37 bits per heavy atom. The molecule has 1 heterocycles. The lowest BCUT2D eigenvalue weighted by molar-refractivity contribution is 0.264. The van der Waals surface area contributed by atoms with Crippen molar-refractivity contribution in [2.45, 2.75) is 26.2 Å². The summed E-state index contributed by atoms with van der Waals surface area (Å²) in [6.07, 6.45) is 0.707. The fraction of sp³-hybridized carbons (Fsp3) is 0.400. The first kappa shape index (κ1) is 14.1. The van der Waals surface area contributed by atoms with Crippen LogP contribution in [0.5, 0.6) is 0 Å². The van der Waals surface area contributed by atoms with E-state index in [4.69, 9.17) is 11.6 Å². The Morgan fingerprint density at radius 3 is 2.63 bits per heavy atom. The van der Waals surface area contributed by atoms with Crippen LogP contribution in [-0.2, 0) is 13.5 Å². The third-order valence-electron chi connectivity index (χ3n) is 3.45. The van der Waals surface area contributed by atoms with Crippen molar-refractivity contribution < 1.29 is 5.11 Å². The molecule has 2 rings (SSSR count). The number of aryl methyl sites for hydroxylation is 3. The van der Waals surface area contributed by atoms with E-state index in [1.807, 2.05) is 26.1 Å². The number of halogens is 1. The summed E-state index contributed by atoms with van der Waals surface area (Å²) in [5.74, 6) is 0.0558. The van der Waals surface area contributed by atoms with Gasteiger partial charge in [0.05, 0.1) is 12.3 Å². The van der Waals surface area contributed by atoms with Gasteiger partial charge in [0, 0.05) is 18.5 Å². The monoisotopic (exact) mass is 278 g/mol. The molecule has 1 aromatic carbocycles. The van der Waals surface area contributed by atoms with E-state index >= 15 is 0 Å². The lowest BCUT2D eigenvalue weighted by atomic mass is 9.92. The second kappa shape index (κ2) is 5.76. The molecule has 1 N–H and O–H groups in total. The van der Waals surface area contributed by atoms with Crippen LogP contribution in [0.3, 0.4) is 0 Å². The SMILES string of the molecule is Cc1cccc(C(CO)Cc2c(C)nn(C)c2Cl)c1. The molecule has 1 unspecified atom stereocenters. The molecule has 0 aliphatic heterocycles. The van der Waals surface area contributed by atoms with Crippen LogP contribution in [0.1, 0.15) is 28.3 Å². The summed E-state index contributed by atoms with van der Waals surface area (Å²) in [5.41, 5.74) is 4.29. The van der Waals surface area contributed by atoms with Crippen molar-refractivity contribution in [1.82, 2.24) is 9.78 Å². The fourth-order valence-electron chi connectivity index (χ4n) is 2.36. The molecule has 0 radical (unpaired) electrons. The van der Waals surface area contributed by atoms with Crippen LogP contribution in [0, 0.1) is 13.8 Å². The van der Waals surface area contributed by atoms with Crippen molar-refractivity contribution in [1.29, 1.82) is 0 Å². The van der Waals surface area contributed by atoms with Gasteiger partial charge < -0.3 is 5.11 Å². The number of hydrogen-bond donors (Lipinski definition) is 1. The van der Waals surface area contributed by atoms with E-state index < -0.39 is 0 Å². The van der Waals surface area contributed by atoms with Gasteiger partial charge in [-0.1, -0.05) is 41.4 Å². The second-order valence-electron chi connectivity index (χ2n) is 4.98. The van der Waals surface area contributed by atoms with Crippen molar-refractivity contribution in [3.8, 4) is 0 Å². The summed E-state index contributed by atoms with van der Waals surface area (Å²) in [5, 5.41) is 14.6. The molecule has 0 saturated heterocycles. The van der Waals surface area contributed by atoms with Gasteiger partial charge >= 0.3 is 0 Å².